The van der Waals surface area contributed by atoms with E-state index in [1.54, 1.807) is 22.9 Å². The number of rotatable bonds is 5. The topological polar surface area (TPSA) is 83.4 Å². The molecule has 9 heteroatoms. The maximum Gasteiger partial charge on any atom is 0.270 e. The van der Waals surface area contributed by atoms with E-state index >= 15 is 0 Å². The fraction of sp³-hybridized carbons (Fsp3) is 0.0714. The zero-order chi connectivity index (χ0) is 26.1. The number of carbonyl (C=O) groups is 3. The Hall–Kier alpha value is -4.63. The van der Waals surface area contributed by atoms with Crippen LogP contribution < -0.4 is 15.5 Å². The van der Waals surface area contributed by atoms with Crippen molar-refractivity contribution in [3.05, 3.63) is 102 Å². The molecule has 4 aromatic rings. The van der Waals surface area contributed by atoms with Crippen molar-refractivity contribution in [3.8, 4) is 0 Å². The van der Waals surface area contributed by atoms with Crippen molar-refractivity contribution in [1.29, 1.82) is 0 Å². The number of carbonyl (C=O) groups excluding carboxylic acids is 3. The average Bonchev–Trinajstić information content (AvgIpc) is 3.21. The quantitative estimate of drug-likeness (QED) is 0.233. The Morgan fingerprint density at radius 3 is 2.49 bits per heavy atom. The van der Waals surface area contributed by atoms with E-state index in [4.69, 9.17) is 12.2 Å². The number of hydrogen-bond donors (Lipinski definition) is 2. The summed E-state index contributed by atoms with van der Waals surface area (Å²) < 4.78 is 14.9. The first-order valence-electron chi connectivity index (χ1n) is 11.4. The van der Waals surface area contributed by atoms with Gasteiger partial charge in [-0.2, -0.15) is 0 Å². The molecule has 184 valence electrons. The summed E-state index contributed by atoms with van der Waals surface area (Å²) in [7, 11) is 0. The van der Waals surface area contributed by atoms with E-state index in [1.807, 2.05) is 43.3 Å². The SMILES string of the molecule is Cc1ccccc1N1C(=O)/C(=C/c2cn(CC(=O)Nc3ccc(F)cc3)c3ccccc23)C(=O)NC1=S. The highest BCUT2D eigenvalue weighted by Crippen LogP contribution is 2.28. The van der Waals surface area contributed by atoms with Crippen LogP contribution in [-0.2, 0) is 20.9 Å². The minimum absolute atomic E-state index is 0.0151. The molecule has 0 radical (unpaired) electrons. The molecule has 0 aliphatic carbocycles. The lowest BCUT2D eigenvalue weighted by atomic mass is 10.1. The molecule has 7 nitrogen and oxygen atoms in total. The Morgan fingerprint density at radius 2 is 1.73 bits per heavy atom. The monoisotopic (exact) mass is 512 g/mol. The van der Waals surface area contributed by atoms with E-state index in [9.17, 15) is 18.8 Å². The van der Waals surface area contributed by atoms with Gasteiger partial charge in [-0.1, -0.05) is 36.4 Å². The zero-order valence-corrected chi connectivity index (χ0v) is 20.5. The maximum atomic E-state index is 13.5. The largest absolute Gasteiger partial charge is 0.337 e. The number of aryl methyl sites for hydroxylation is 1. The van der Waals surface area contributed by atoms with Crippen molar-refractivity contribution in [2.75, 3.05) is 10.2 Å². The smallest absolute Gasteiger partial charge is 0.270 e. The Labute approximate surface area is 217 Å². The zero-order valence-electron chi connectivity index (χ0n) is 19.7. The number of aromatic nitrogens is 1. The summed E-state index contributed by atoms with van der Waals surface area (Å²) >= 11 is 5.31. The standard InChI is InChI=1S/C28H21FN4O3S/c1-17-6-2-4-8-23(17)33-27(36)22(26(35)31-28(33)37)14-18-15-32(24-9-5-3-7-21(18)24)16-25(34)30-20-12-10-19(29)11-13-20/h2-15H,16H2,1H3,(H,30,34)(H,31,35,37)/b22-14+. The predicted molar refractivity (Wildman–Crippen MR) is 144 cm³/mol. The van der Waals surface area contributed by atoms with Crippen molar-refractivity contribution >= 4 is 63.4 Å². The van der Waals surface area contributed by atoms with Gasteiger partial charge >= 0.3 is 0 Å². The highest BCUT2D eigenvalue weighted by Gasteiger charge is 2.35. The molecule has 0 atom stereocenters. The van der Waals surface area contributed by atoms with Crippen molar-refractivity contribution in [3.63, 3.8) is 0 Å². The van der Waals surface area contributed by atoms with Crippen LogP contribution >= 0.6 is 12.2 Å². The van der Waals surface area contributed by atoms with E-state index in [2.05, 4.69) is 10.6 Å². The van der Waals surface area contributed by atoms with E-state index in [0.717, 1.165) is 16.5 Å². The molecule has 5 rings (SSSR count). The van der Waals surface area contributed by atoms with Crippen LogP contribution in [0, 0.1) is 12.7 Å². The first kappa shape index (κ1) is 24.1. The number of fused-ring (bicyclic) bond motifs is 1. The number of anilines is 2. The average molecular weight is 513 g/mol. The van der Waals surface area contributed by atoms with Gasteiger partial charge < -0.3 is 9.88 Å². The van der Waals surface area contributed by atoms with Gasteiger partial charge in [0.05, 0.1) is 5.69 Å². The van der Waals surface area contributed by atoms with E-state index in [-0.39, 0.29) is 23.1 Å². The second-order valence-electron chi connectivity index (χ2n) is 8.53. The predicted octanol–water partition coefficient (Wildman–Crippen LogP) is 4.56. The Bertz CT molecular complexity index is 1610. The van der Waals surface area contributed by atoms with Crippen LogP contribution in [0.1, 0.15) is 11.1 Å². The number of nitrogens with zero attached hydrogens (tertiary/aromatic N) is 2. The number of hydrogen-bond acceptors (Lipinski definition) is 4. The van der Waals surface area contributed by atoms with Gasteiger partial charge in [-0.05, 0) is 67.2 Å². The lowest BCUT2D eigenvalue weighted by Crippen LogP contribution is -2.54. The van der Waals surface area contributed by atoms with Gasteiger partial charge in [0.25, 0.3) is 11.8 Å². The number of halogens is 1. The number of benzene rings is 3. The van der Waals surface area contributed by atoms with Gasteiger partial charge in [0.15, 0.2) is 5.11 Å². The van der Waals surface area contributed by atoms with Gasteiger partial charge in [0.2, 0.25) is 5.91 Å². The van der Waals surface area contributed by atoms with Crippen molar-refractivity contribution in [2.24, 2.45) is 0 Å². The molecule has 37 heavy (non-hydrogen) atoms. The first-order chi connectivity index (χ1) is 17.8. The highest BCUT2D eigenvalue weighted by atomic mass is 32.1. The lowest BCUT2D eigenvalue weighted by Gasteiger charge is -2.29. The van der Waals surface area contributed by atoms with Crippen LogP contribution in [0.15, 0.2) is 84.6 Å². The molecule has 1 aliphatic heterocycles. The van der Waals surface area contributed by atoms with Crippen LogP contribution in [-0.4, -0.2) is 27.4 Å². The molecule has 1 fully saturated rings. The summed E-state index contributed by atoms with van der Waals surface area (Å²) in [5.74, 6) is -1.83. The minimum Gasteiger partial charge on any atom is -0.337 e. The second kappa shape index (κ2) is 9.79. The highest BCUT2D eigenvalue weighted by molar-refractivity contribution is 7.80. The number of thiocarbonyl (C=S) groups is 1. The normalized spacial score (nSPS) is 14.8. The summed E-state index contributed by atoms with van der Waals surface area (Å²) in [5, 5.41) is 6.13. The van der Waals surface area contributed by atoms with E-state index < -0.39 is 17.6 Å². The third kappa shape index (κ3) is 4.76. The number of para-hydroxylation sites is 2. The third-order valence-electron chi connectivity index (χ3n) is 6.02. The summed E-state index contributed by atoms with van der Waals surface area (Å²) in [6.45, 7) is 1.83. The molecular formula is C28H21FN4O3S. The summed E-state index contributed by atoms with van der Waals surface area (Å²) in [6, 6.07) is 20.1. The molecular weight excluding hydrogens is 491 g/mol. The van der Waals surface area contributed by atoms with Gasteiger partial charge in [-0.15, -0.1) is 0 Å². The molecule has 2 heterocycles. The van der Waals surface area contributed by atoms with Crippen molar-refractivity contribution in [2.45, 2.75) is 13.5 Å². The molecule has 0 spiro atoms. The van der Waals surface area contributed by atoms with Crippen LogP contribution in [0.4, 0.5) is 15.8 Å². The lowest BCUT2D eigenvalue weighted by molar-refractivity contribution is -0.122. The first-order valence-corrected chi connectivity index (χ1v) is 11.8. The molecule has 0 saturated carbocycles. The van der Waals surface area contributed by atoms with Crippen LogP contribution in [0.3, 0.4) is 0 Å². The molecule has 1 aliphatic rings. The van der Waals surface area contributed by atoms with E-state index in [0.29, 0.717) is 16.9 Å². The summed E-state index contributed by atoms with van der Waals surface area (Å²) in [5.41, 5.74) is 3.16. The fourth-order valence-corrected chi connectivity index (χ4v) is 4.53. The molecule has 3 aromatic carbocycles. The molecule has 0 unspecified atom stereocenters. The third-order valence-corrected chi connectivity index (χ3v) is 6.30. The molecule has 1 aromatic heterocycles. The minimum atomic E-state index is -0.592. The fourth-order valence-electron chi connectivity index (χ4n) is 4.26. The van der Waals surface area contributed by atoms with Gasteiger partial charge in [0, 0.05) is 28.4 Å². The molecule has 2 N–H and O–H groups in total. The van der Waals surface area contributed by atoms with Crippen LogP contribution in [0.5, 0.6) is 0 Å². The summed E-state index contributed by atoms with van der Waals surface area (Å²) in [4.78, 5) is 40.3. The maximum absolute atomic E-state index is 13.5. The Balaban J connectivity index is 1.49. The van der Waals surface area contributed by atoms with Crippen LogP contribution in [0.2, 0.25) is 0 Å². The van der Waals surface area contributed by atoms with Crippen molar-refractivity contribution in [1.82, 2.24) is 9.88 Å². The number of amides is 3. The Morgan fingerprint density at radius 1 is 1.03 bits per heavy atom. The molecule has 0 bridgehead atoms. The van der Waals surface area contributed by atoms with Gasteiger partial charge in [-0.3, -0.25) is 24.6 Å². The summed E-state index contributed by atoms with van der Waals surface area (Å²) in [6.07, 6.45) is 3.23. The van der Waals surface area contributed by atoms with Crippen LogP contribution in [0.25, 0.3) is 17.0 Å². The molecule has 3 amide bonds. The van der Waals surface area contributed by atoms with Gasteiger partial charge in [0.1, 0.15) is 17.9 Å². The van der Waals surface area contributed by atoms with Gasteiger partial charge in [-0.25, -0.2) is 4.39 Å². The number of nitrogens with one attached hydrogen (secondary N) is 2. The second-order valence-corrected chi connectivity index (χ2v) is 8.92. The van der Waals surface area contributed by atoms with Crippen molar-refractivity contribution < 1.29 is 18.8 Å². The van der Waals surface area contributed by atoms with E-state index in [1.165, 1.54) is 35.2 Å². The Kier molecular flexibility index (Phi) is 6.37. The molecule has 1 saturated heterocycles.